The van der Waals surface area contributed by atoms with Gasteiger partial charge >= 0.3 is 0 Å². The summed E-state index contributed by atoms with van der Waals surface area (Å²) in [6.07, 6.45) is 3.41. The molecule has 6 nitrogen and oxygen atoms in total. The van der Waals surface area contributed by atoms with Crippen molar-refractivity contribution in [3.8, 4) is 17.0 Å². The van der Waals surface area contributed by atoms with Gasteiger partial charge in [0, 0.05) is 22.7 Å². The van der Waals surface area contributed by atoms with Crippen LogP contribution < -0.4 is 10.1 Å². The first-order valence-corrected chi connectivity index (χ1v) is 7.65. The number of amides is 1. The highest BCUT2D eigenvalue weighted by Crippen LogP contribution is 2.36. The summed E-state index contributed by atoms with van der Waals surface area (Å²) in [7, 11) is 0. The van der Waals surface area contributed by atoms with Crippen molar-refractivity contribution in [2.45, 2.75) is 13.2 Å². The second-order valence-electron chi connectivity index (χ2n) is 4.85. The lowest BCUT2D eigenvalue weighted by Crippen LogP contribution is -2.20. The van der Waals surface area contributed by atoms with Crippen LogP contribution in [-0.2, 0) is 17.9 Å². The monoisotopic (exact) mass is 312 g/mol. The van der Waals surface area contributed by atoms with E-state index in [-0.39, 0.29) is 12.5 Å². The minimum atomic E-state index is -0.148. The van der Waals surface area contributed by atoms with Gasteiger partial charge in [0.1, 0.15) is 18.9 Å². The summed E-state index contributed by atoms with van der Waals surface area (Å²) < 4.78 is 7.40. The maximum absolute atomic E-state index is 12.1. The lowest BCUT2D eigenvalue weighted by Gasteiger charge is -2.19. The highest BCUT2D eigenvalue weighted by molar-refractivity contribution is 7.13. The van der Waals surface area contributed by atoms with Crippen molar-refractivity contribution < 1.29 is 9.53 Å². The summed E-state index contributed by atoms with van der Waals surface area (Å²) in [5, 5.41) is 9.50. The number of benzene rings is 1. The van der Waals surface area contributed by atoms with Gasteiger partial charge in [-0.2, -0.15) is 5.10 Å². The Hall–Kier alpha value is -2.67. The molecule has 0 saturated carbocycles. The molecule has 0 unspecified atom stereocenters. The van der Waals surface area contributed by atoms with Crippen LogP contribution in [-0.4, -0.2) is 20.7 Å². The van der Waals surface area contributed by atoms with Crippen molar-refractivity contribution in [1.29, 1.82) is 0 Å². The van der Waals surface area contributed by atoms with E-state index in [4.69, 9.17) is 4.74 Å². The minimum absolute atomic E-state index is 0.142. The van der Waals surface area contributed by atoms with Gasteiger partial charge in [-0.3, -0.25) is 9.48 Å². The fourth-order valence-electron chi connectivity index (χ4n) is 2.49. The number of para-hydroxylation sites is 1. The zero-order chi connectivity index (χ0) is 14.9. The van der Waals surface area contributed by atoms with E-state index in [1.807, 2.05) is 29.6 Å². The van der Waals surface area contributed by atoms with E-state index in [2.05, 4.69) is 15.4 Å². The zero-order valence-corrected chi connectivity index (χ0v) is 12.3. The largest absolute Gasteiger partial charge is 0.488 e. The van der Waals surface area contributed by atoms with Crippen LogP contribution in [0.4, 0.5) is 5.13 Å². The molecule has 2 aromatic heterocycles. The molecule has 0 bridgehead atoms. The molecule has 0 fully saturated rings. The summed E-state index contributed by atoms with van der Waals surface area (Å²) in [5.74, 6) is 0.668. The highest BCUT2D eigenvalue weighted by Gasteiger charge is 2.22. The van der Waals surface area contributed by atoms with E-state index >= 15 is 0 Å². The molecule has 0 radical (unpaired) electrons. The summed E-state index contributed by atoms with van der Waals surface area (Å²) >= 11 is 1.39. The Morgan fingerprint density at radius 1 is 1.41 bits per heavy atom. The van der Waals surface area contributed by atoms with Crippen molar-refractivity contribution in [2.24, 2.45) is 0 Å². The lowest BCUT2D eigenvalue weighted by atomic mass is 10.0. The number of rotatable bonds is 3. The third-order valence-corrected chi connectivity index (χ3v) is 4.10. The van der Waals surface area contributed by atoms with Gasteiger partial charge < -0.3 is 10.1 Å². The van der Waals surface area contributed by atoms with Gasteiger partial charge in [0.15, 0.2) is 5.13 Å². The van der Waals surface area contributed by atoms with Crippen molar-refractivity contribution in [3.05, 3.63) is 47.6 Å². The second-order valence-corrected chi connectivity index (χ2v) is 5.74. The minimum Gasteiger partial charge on any atom is -0.488 e. The lowest BCUT2D eigenvalue weighted by molar-refractivity contribution is -0.116. The number of thiazole rings is 1. The fraction of sp³-hybridized carbons (Fsp3) is 0.133. The Balaban J connectivity index is 1.62. The first kappa shape index (κ1) is 13.0. The third kappa shape index (κ3) is 2.25. The molecular weight excluding hydrogens is 300 g/mol. The molecule has 1 amide bonds. The number of nitrogens with one attached hydrogen (secondary N) is 1. The van der Waals surface area contributed by atoms with Gasteiger partial charge in [-0.25, -0.2) is 4.98 Å². The van der Waals surface area contributed by atoms with E-state index in [0.717, 1.165) is 22.6 Å². The molecule has 22 heavy (non-hydrogen) atoms. The Morgan fingerprint density at radius 3 is 3.18 bits per heavy atom. The maximum Gasteiger partial charge on any atom is 0.247 e. The predicted molar refractivity (Wildman–Crippen MR) is 82.7 cm³/mol. The van der Waals surface area contributed by atoms with Crippen LogP contribution in [0.25, 0.3) is 11.3 Å². The Morgan fingerprint density at radius 2 is 2.32 bits per heavy atom. The number of fused-ring (bicyclic) bond motifs is 3. The molecule has 0 spiro atoms. The van der Waals surface area contributed by atoms with E-state index < -0.39 is 0 Å². The molecule has 1 aliphatic heterocycles. The number of carbonyl (C=O) groups excluding carboxylic acids is 1. The Kier molecular flexibility index (Phi) is 3.12. The van der Waals surface area contributed by atoms with Gasteiger partial charge in [0.05, 0.1) is 11.9 Å². The standard InChI is InChI=1S/C15H12N4O2S/c20-13(18-15-16-5-6-22-15)8-19-14-10(7-17-19)9-21-12-4-2-1-3-11(12)14/h1-7H,8-9H2,(H,16,18,20). The van der Waals surface area contributed by atoms with Gasteiger partial charge in [-0.1, -0.05) is 12.1 Å². The topological polar surface area (TPSA) is 69.0 Å². The van der Waals surface area contributed by atoms with Gasteiger partial charge in [-0.15, -0.1) is 11.3 Å². The average Bonchev–Trinajstić information content (AvgIpc) is 3.17. The van der Waals surface area contributed by atoms with E-state index in [0.29, 0.717) is 11.7 Å². The normalized spacial score (nSPS) is 12.2. The maximum atomic E-state index is 12.1. The molecule has 0 saturated heterocycles. The fourth-order valence-corrected chi connectivity index (χ4v) is 3.03. The summed E-state index contributed by atoms with van der Waals surface area (Å²) in [6, 6.07) is 7.78. The van der Waals surface area contributed by atoms with Crippen LogP contribution in [0.1, 0.15) is 5.56 Å². The van der Waals surface area contributed by atoms with Gasteiger partial charge in [0.2, 0.25) is 5.91 Å². The number of hydrogen-bond donors (Lipinski definition) is 1. The molecule has 4 rings (SSSR count). The predicted octanol–water partition coefficient (Wildman–Crippen LogP) is 2.54. The number of anilines is 1. The Labute approximate surface area is 130 Å². The molecule has 7 heteroatoms. The number of ether oxygens (including phenoxy) is 1. The molecule has 3 aromatic rings. The molecule has 1 N–H and O–H groups in total. The highest BCUT2D eigenvalue weighted by atomic mass is 32.1. The van der Waals surface area contributed by atoms with Crippen LogP contribution in [0, 0.1) is 0 Å². The second kappa shape index (κ2) is 5.27. The molecule has 110 valence electrons. The molecule has 0 aliphatic carbocycles. The number of hydrogen-bond acceptors (Lipinski definition) is 5. The van der Waals surface area contributed by atoms with Crippen molar-refractivity contribution in [1.82, 2.24) is 14.8 Å². The third-order valence-electron chi connectivity index (χ3n) is 3.41. The first-order valence-electron chi connectivity index (χ1n) is 6.77. The number of nitrogens with zero attached hydrogens (tertiary/aromatic N) is 3. The number of carbonyl (C=O) groups is 1. The van der Waals surface area contributed by atoms with E-state index in [9.17, 15) is 4.79 Å². The van der Waals surface area contributed by atoms with Crippen molar-refractivity contribution in [3.63, 3.8) is 0 Å². The SMILES string of the molecule is O=C(Cn1ncc2c1-c1ccccc1OC2)Nc1nccs1. The first-order chi connectivity index (χ1) is 10.8. The Bertz CT molecular complexity index is 826. The van der Waals surface area contributed by atoms with Crippen LogP contribution in [0.2, 0.25) is 0 Å². The van der Waals surface area contributed by atoms with Gasteiger partial charge in [0.25, 0.3) is 0 Å². The molecule has 3 heterocycles. The van der Waals surface area contributed by atoms with Crippen LogP contribution in [0.5, 0.6) is 5.75 Å². The zero-order valence-electron chi connectivity index (χ0n) is 11.5. The quantitative estimate of drug-likeness (QED) is 0.807. The summed E-state index contributed by atoms with van der Waals surface area (Å²) in [5.41, 5.74) is 2.89. The molecule has 1 aliphatic rings. The van der Waals surface area contributed by atoms with Gasteiger partial charge in [-0.05, 0) is 12.1 Å². The van der Waals surface area contributed by atoms with Crippen molar-refractivity contribution >= 4 is 22.4 Å². The molecular formula is C15H12N4O2S. The molecule has 0 atom stereocenters. The number of aromatic nitrogens is 3. The summed E-state index contributed by atoms with van der Waals surface area (Å²) in [4.78, 5) is 16.2. The van der Waals surface area contributed by atoms with E-state index in [1.165, 1.54) is 11.3 Å². The van der Waals surface area contributed by atoms with Crippen LogP contribution >= 0.6 is 11.3 Å². The average molecular weight is 312 g/mol. The molecule has 1 aromatic carbocycles. The van der Waals surface area contributed by atoms with E-state index in [1.54, 1.807) is 17.1 Å². The smallest absolute Gasteiger partial charge is 0.247 e. The van der Waals surface area contributed by atoms with Crippen LogP contribution in [0.15, 0.2) is 42.0 Å². The summed E-state index contributed by atoms with van der Waals surface area (Å²) in [6.45, 7) is 0.615. The van der Waals surface area contributed by atoms with Crippen molar-refractivity contribution in [2.75, 3.05) is 5.32 Å². The van der Waals surface area contributed by atoms with Crippen LogP contribution in [0.3, 0.4) is 0 Å².